The normalized spacial score (nSPS) is 26.0. The first kappa shape index (κ1) is 18.4. The van der Waals surface area contributed by atoms with E-state index in [-0.39, 0.29) is 23.3 Å². The Hall–Kier alpha value is -2.60. The number of pyridine rings is 1. The fraction of sp³-hybridized carbons (Fsp3) is 0.478. The molecule has 1 fully saturated rings. The number of carbonyl (C=O) groups excluding carboxylic acids is 1. The fourth-order valence-corrected chi connectivity index (χ4v) is 5.27. The third kappa shape index (κ3) is 3.15. The number of hydrogen-bond donors (Lipinski definition) is 0. The van der Waals surface area contributed by atoms with Crippen molar-refractivity contribution in [2.45, 2.75) is 38.8 Å². The van der Waals surface area contributed by atoms with Crippen LogP contribution in [0.1, 0.15) is 41.2 Å². The number of amides is 1. The number of nitrogens with zero attached hydrogens (tertiary/aromatic N) is 3. The van der Waals surface area contributed by atoms with E-state index < -0.39 is 6.04 Å². The number of carbonyl (C=O) groups is 1. The third-order valence-electron chi connectivity index (χ3n) is 6.70. The molecule has 3 aliphatic rings. The number of likely N-dealkylation sites (tertiary alicyclic amines) is 1. The smallest absolute Gasteiger partial charge is 0.251 e. The van der Waals surface area contributed by atoms with Crippen molar-refractivity contribution in [3.8, 4) is 0 Å². The molecule has 1 saturated heterocycles. The molecule has 0 N–H and O–H groups in total. The highest BCUT2D eigenvalue weighted by atomic mass is 16.3. The van der Waals surface area contributed by atoms with Gasteiger partial charge in [0.25, 0.3) is 5.56 Å². The second-order valence-corrected chi connectivity index (χ2v) is 8.66. The van der Waals surface area contributed by atoms with Gasteiger partial charge in [-0.15, -0.1) is 0 Å². The van der Waals surface area contributed by atoms with Gasteiger partial charge in [0.05, 0.1) is 6.54 Å². The van der Waals surface area contributed by atoms with Gasteiger partial charge in [-0.1, -0.05) is 18.2 Å². The molecule has 1 amide bonds. The van der Waals surface area contributed by atoms with Crippen LogP contribution in [0.15, 0.2) is 45.6 Å². The summed E-state index contributed by atoms with van der Waals surface area (Å²) < 4.78 is 7.69. The summed E-state index contributed by atoms with van der Waals surface area (Å²) in [5.41, 5.74) is 2.10. The maximum Gasteiger partial charge on any atom is 0.251 e. The van der Waals surface area contributed by atoms with Crippen molar-refractivity contribution >= 4 is 5.91 Å². The van der Waals surface area contributed by atoms with Crippen molar-refractivity contribution in [2.75, 3.05) is 26.2 Å². The van der Waals surface area contributed by atoms with Crippen LogP contribution in [0.4, 0.5) is 0 Å². The van der Waals surface area contributed by atoms with E-state index in [0.29, 0.717) is 13.1 Å². The first-order chi connectivity index (χ1) is 14.0. The summed E-state index contributed by atoms with van der Waals surface area (Å²) in [6, 6.07) is 7.12. The predicted octanol–water partition coefficient (Wildman–Crippen LogP) is 2.62. The number of hydrogen-bond acceptors (Lipinski definition) is 4. The highest BCUT2D eigenvalue weighted by Crippen LogP contribution is 2.42. The van der Waals surface area contributed by atoms with E-state index in [1.54, 1.807) is 10.6 Å². The van der Waals surface area contributed by atoms with Gasteiger partial charge in [-0.05, 0) is 38.0 Å². The molecule has 2 aromatic rings. The molecule has 5 rings (SSSR count). The summed E-state index contributed by atoms with van der Waals surface area (Å²) in [6.07, 6.45) is 4.99. The van der Waals surface area contributed by atoms with Crippen LogP contribution in [0, 0.1) is 19.8 Å². The number of furan rings is 1. The maximum atomic E-state index is 13.4. The van der Waals surface area contributed by atoms with Crippen LogP contribution in [0.5, 0.6) is 0 Å². The molecular weight excluding hydrogens is 366 g/mol. The van der Waals surface area contributed by atoms with Crippen molar-refractivity contribution < 1.29 is 9.21 Å². The fourth-order valence-electron chi connectivity index (χ4n) is 5.27. The third-order valence-corrected chi connectivity index (χ3v) is 6.70. The number of fused-ring (bicyclic) bond motifs is 4. The molecule has 0 saturated carbocycles. The molecule has 5 heterocycles. The molecular formula is C23H27N3O3. The Morgan fingerprint density at radius 3 is 2.69 bits per heavy atom. The van der Waals surface area contributed by atoms with Gasteiger partial charge in [0.15, 0.2) is 0 Å². The monoisotopic (exact) mass is 393 g/mol. The Labute approximate surface area is 170 Å². The average Bonchev–Trinajstić information content (AvgIpc) is 3.33. The van der Waals surface area contributed by atoms with Crippen LogP contribution >= 0.6 is 0 Å². The Morgan fingerprint density at radius 2 is 1.97 bits per heavy atom. The Kier molecular flexibility index (Phi) is 4.46. The molecule has 0 aliphatic carbocycles. The standard InChI is InChI=1S/C23H27N3O3/c1-15-10-19(29-16(15)2)14-24-12-17-11-18(13-24)22(23(28)25-8-3-4-9-25)26-20(17)6-5-7-21(26)27/h3-7,10,17-18,22H,8-9,11-14H2,1-2H3/t17-,18+,22-/m1/s1. The van der Waals surface area contributed by atoms with Gasteiger partial charge in [0.1, 0.15) is 17.6 Å². The van der Waals surface area contributed by atoms with E-state index >= 15 is 0 Å². The highest BCUT2D eigenvalue weighted by Gasteiger charge is 2.45. The van der Waals surface area contributed by atoms with Gasteiger partial charge >= 0.3 is 0 Å². The minimum atomic E-state index is -0.419. The lowest BCUT2D eigenvalue weighted by atomic mass is 9.78. The van der Waals surface area contributed by atoms with Gasteiger partial charge in [-0.2, -0.15) is 0 Å². The molecule has 3 atom stereocenters. The van der Waals surface area contributed by atoms with Crippen LogP contribution < -0.4 is 5.56 Å². The van der Waals surface area contributed by atoms with E-state index in [1.807, 2.05) is 36.1 Å². The largest absolute Gasteiger partial charge is 0.465 e. The molecule has 6 heteroatoms. The molecule has 6 nitrogen and oxygen atoms in total. The van der Waals surface area contributed by atoms with E-state index in [1.165, 1.54) is 5.56 Å². The zero-order valence-corrected chi connectivity index (χ0v) is 17.0. The molecule has 152 valence electrons. The number of piperidine rings is 1. The van der Waals surface area contributed by atoms with E-state index in [4.69, 9.17) is 4.42 Å². The van der Waals surface area contributed by atoms with Crippen LogP contribution in [-0.2, 0) is 11.3 Å². The Morgan fingerprint density at radius 1 is 1.17 bits per heavy atom. The second-order valence-electron chi connectivity index (χ2n) is 8.66. The van der Waals surface area contributed by atoms with Crippen LogP contribution in [0.25, 0.3) is 0 Å². The number of rotatable bonds is 3. The first-order valence-electron chi connectivity index (χ1n) is 10.4. The Bertz CT molecular complexity index is 1010. The molecule has 3 aliphatic heterocycles. The summed E-state index contributed by atoms with van der Waals surface area (Å²) in [7, 11) is 0. The van der Waals surface area contributed by atoms with Gasteiger partial charge in [-0.3, -0.25) is 19.1 Å². The molecule has 29 heavy (non-hydrogen) atoms. The summed E-state index contributed by atoms with van der Waals surface area (Å²) in [6.45, 7) is 7.75. The topological polar surface area (TPSA) is 58.7 Å². The molecule has 2 bridgehead atoms. The van der Waals surface area contributed by atoms with E-state index in [9.17, 15) is 9.59 Å². The summed E-state index contributed by atoms with van der Waals surface area (Å²) in [5.74, 6) is 2.40. The highest BCUT2D eigenvalue weighted by molar-refractivity contribution is 5.82. The maximum absolute atomic E-state index is 13.4. The summed E-state index contributed by atoms with van der Waals surface area (Å²) in [5, 5.41) is 0. The van der Waals surface area contributed by atoms with Crippen molar-refractivity contribution in [3.05, 3.63) is 69.5 Å². The number of aryl methyl sites for hydroxylation is 2. The lowest BCUT2D eigenvalue weighted by Crippen LogP contribution is -2.53. The van der Waals surface area contributed by atoms with Crippen molar-refractivity contribution in [3.63, 3.8) is 0 Å². The molecule has 0 unspecified atom stereocenters. The molecule has 0 spiro atoms. The first-order valence-corrected chi connectivity index (χ1v) is 10.4. The lowest BCUT2D eigenvalue weighted by Gasteiger charge is -2.46. The average molecular weight is 393 g/mol. The molecule has 2 aromatic heterocycles. The molecule has 0 aromatic carbocycles. The summed E-state index contributed by atoms with van der Waals surface area (Å²) in [4.78, 5) is 30.4. The summed E-state index contributed by atoms with van der Waals surface area (Å²) >= 11 is 0. The predicted molar refractivity (Wildman–Crippen MR) is 110 cm³/mol. The van der Waals surface area contributed by atoms with Gasteiger partial charge in [-0.25, -0.2) is 0 Å². The van der Waals surface area contributed by atoms with Gasteiger partial charge in [0, 0.05) is 49.8 Å². The zero-order valence-electron chi connectivity index (χ0n) is 17.0. The van der Waals surface area contributed by atoms with Crippen LogP contribution in [-0.4, -0.2) is 46.5 Å². The van der Waals surface area contributed by atoms with Crippen molar-refractivity contribution in [1.82, 2.24) is 14.4 Å². The molecule has 0 radical (unpaired) electrons. The lowest BCUT2D eigenvalue weighted by molar-refractivity contribution is -0.137. The quantitative estimate of drug-likeness (QED) is 0.753. The second kappa shape index (κ2) is 7.02. The van der Waals surface area contributed by atoms with Crippen LogP contribution in [0.3, 0.4) is 0 Å². The minimum absolute atomic E-state index is 0.0616. The van der Waals surface area contributed by atoms with Gasteiger partial charge in [0.2, 0.25) is 5.91 Å². The van der Waals surface area contributed by atoms with Crippen molar-refractivity contribution in [2.24, 2.45) is 5.92 Å². The number of aromatic nitrogens is 1. The van der Waals surface area contributed by atoms with Crippen molar-refractivity contribution in [1.29, 1.82) is 0 Å². The van der Waals surface area contributed by atoms with E-state index in [2.05, 4.69) is 17.9 Å². The van der Waals surface area contributed by atoms with E-state index in [0.717, 1.165) is 43.3 Å². The van der Waals surface area contributed by atoms with Crippen LogP contribution in [0.2, 0.25) is 0 Å². The minimum Gasteiger partial charge on any atom is -0.465 e. The SMILES string of the molecule is Cc1cc(CN2C[C@H]3C[C@@H](C2)[C@H](C(=O)N2CC=CC2)n2c3cccc2=O)oc1C. The van der Waals surface area contributed by atoms with Gasteiger partial charge < -0.3 is 9.32 Å². The zero-order chi connectivity index (χ0) is 20.1. The Balaban J connectivity index is 1.48.